The Bertz CT molecular complexity index is 929. The second kappa shape index (κ2) is 8.71. The molecule has 1 aromatic heterocycles. The summed E-state index contributed by atoms with van der Waals surface area (Å²) in [4.78, 5) is 39.8. The van der Waals surface area contributed by atoms with Gasteiger partial charge in [-0.25, -0.2) is 4.79 Å². The monoisotopic (exact) mass is 473 g/mol. The Morgan fingerprint density at radius 2 is 1.73 bits per heavy atom. The molecule has 4 bridgehead atoms. The summed E-state index contributed by atoms with van der Waals surface area (Å²) in [6.45, 7) is 5.54. The van der Waals surface area contributed by atoms with Gasteiger partial charge in [-0.1, -0.05) is 6.92 Å². The zero-order valence-corrected chi connectivity index (χ0v) is 20.7. The molecule has 1 N–H and O–H groups in total. The average molecular weight is 474 g/mol. The molecule has 180 valence electrons. The molecule has 0 aliphatic heterocycles. The molecule has 0 aromatic carbocycles. The Morgan fingerprint density at radius 3 is 2.33 bits per heavy atom. The number of esters is 2. The molecule has 0 radical (unpaired) electrons. The second-order valence-corrected chi connectivity index (χ2v) is 12.4. The predicted molar refractivity (Wildman–Crippen MR) is 126 cm³/mol. The first-order valence-electron chi connectivity index (χ1n) is 12.5. The van der Waals surface area contributed by atoms with Crippen LogP contribution in [-0.4, -0.2) is 30.6 Å². The van der Waals surface area contributed by atoms with E-state index in [-0.39, 0.29) is 24.1 Å². The van der Waals surface area contributed by atoms with Crippen molar-refractivity contribution in [1.82, 2.24) is 0 Å². The van der Waals surface area contributed by atoms with Gasteiger partial charge in [0.05, 0.1) is 17.1 Å². The highest BCUT2D eigenvalue weighted by Crippen LogP contribution is 2.60. The van der Waals surface area contributed by atoms with Gasteiger partial charge in [0.15, 0.2) is 6.61 Å². The lowest BCUT2D eigenvalue weighted by Gasteiger charge is -2.55. The van der Waals surface area contributed by atoms with Crippen LogP contribution in [0.1, 0.15) is 86.5 Å². The fourth-order valence-electron chi connectivity index (χ4n) is 7.14. The van der Waals surface area contributed by atoms with Gasteiger partial charge in [0.25, 0.3) is 5.91 Å². The van der Waals surface area contributed by atoms with Crippen molar-refractivity contribution in [3.63, 3.8) is 0 Å². The summed E-state index contributed by atoms with van der Waals surface area (Å²) in [5.41, 5.74) is 1.11. The Balaban J connectivity index is 1.26. The van der Waals surface area contributed by atoms with Gasteiger partial charge in [-0.2, -0.15) is 0 Å². The van der Waals surface area contributed by atoms with Gasteiger partial charge >= 0.3 is 11.9 Å². The van der Waals surface area contributed by atoms with Crippen molar-refractivity contribution < 1.29 is 23.9 Å². The van der Waals surface area contributed by atoms with Crippen LogP contribution in [0.4, 0.5) is 5.00 Å². The molecule has 0 spiro atoms. The molecule has 6 rings (SSSR count). The van der Waals surface area contributed by atoms with E-state index >= 15 is 0 Å². The fourth-order valence-corrected chi connectivity index (χ4v) is 8.55. The van der Waals surface area contributed by atoms with Crippen molar-refractivity contribution in [2.75, 3.05) is 11.9 Å². The quantitative estimate of drug-likeness (QED) is 0.579. The molecule has 5 aliphatic carbocycles. The number of carbonyl (C=O) groups is 3. The zero-order chi connectivity index (χ0) is 23.3. The number of ether oxygens (including phenoxy) is 2. The van der Waals surface area contributed by atoms with Crippen LogP contribution in [0.15, 0.2) is 0 Å². The number of rotatable bonds is 6. The average Bonchev–Trinajstić information content (AvgIpc) is 3.07. The van der Waals surface area contributed by atoms with E-state index in [2.05, 4.69) is 12.2 Å². The van der Waals surface area contributed by atoms with Gasteiger partial charge in [-0.15, -0.1) is 11.3 Å². The van der Waals surface area contributed by atoms with Crippen molar-refractivity contribution in [3.8, 4) is 0 Å². The van der Waals surface area contributed by atoms with Crippen LogP contribution in [-0.2, 0) is 31.9 Å². The molecule has 7 heteroatoms. The van der Waals surface area contributed by atoms with Crippen molar-refractivity contribution in [1.29, 1.82) is 0 Å². The third-order valence-electron chi connectivity index (χ3n) is 8.12. The molecule has 1 heterocycles. The largest absolute Gasteiger partial charge is 0.459 e. The lowest BCUT2D eigenvalue weighted by atomic mass is 9.49. The zero-order valence-electron chi connectivity index (χ0n) is 19.9. The molecule has 5 aliphatic rings. The number of thiophene rings is 1. The van der Waals surface area contributed by atoms with Crippen LogP contribution >= 0.6 is 11.3 Å². The van der Waals surface area contributed by atoms with Crippen molar-refractivity contribution in [2.45, 2.75) is 84.7 Å². The third kappa shape index (κ3) is 4.45. The molecule has 33 heavy (non-hydrogen) atoms. The molecule has 1 amide bonds. The number of fused-ring (bicyclic) bond motifs is 1. The van der Waals surface area contributed by atoms with E-state index in [1.807, 2.05) is 13.8 Å². The van der Waals surface area contributed by atoms with Crippen LogP contribution < -0.4 is 5.32 Å². The minimum Gasteiger partial charge on any atom is -0.459 e. The van der Waals surface area contributed by atoms with Crippen molar-refractivity contribution in [2.24, 2.45) is 29.1 Å². The Labute approximate surface area is 199 Å². The first-order chi connectivity index (χ1) is 15.7. The maximum atomic E-state index is 13.1. The van der Waals surface area contributed by atoms with Crippen molar-refractivity contribution in [3.05, 3.63) is 16.0 Å². The van der Waals surface area contributed by atoms with Crippen LogP contribution in [0.2, 0.25) is 0 Å². The van der Waals surface area contributed by atoms with Gasteiger partial charge in [0.1, 0.15) is 5.00 Å². The first kappa shape index (κ1) is 22.9. The topological polar surface area (TPSA) is 81.7 Å². The molecule has 1 unspecified atom stereocenters. The maximum absolute atomic E-state index is 13.1. The van der Waals surface area contributed by atoms with E-state index in [1.54, 1.807) is 0 Å². The minimum atomic E-state index is -0.391. The highest BCUT2D eigenvalue weighted by atomic mass is 32.1. The van der Waals surface area contributed by atoms with Gasteiger partial charge in [0.2, 0.25) is 0 Å². The lowest BCUT2D eigenvalue weighted by molar-refractivity contribution is -0.172. The number of hydrogen-bond donors (Lipinski definition) is 1. The van der Waals surface area contributed by atoms with E-state index < -0.39 is 11.9 Å². The number of hydrogen-bond acceptors (Lipinski definition) is 6. The molecule has 1 aromatic rings. The van der Waals surface area contributed by atoms with E-state index in [1.165, 1.54) is 30.6 Å². The third-order valence-corrected chi connectivity index (χ3v) is 9.29. The molecule has 4 saturated carbocycles. The summed E-state index contributed by atoms with van der Waals surface area (Å²) < 4.78 is 11.1. The SMILES string of the molecule is CC1CCc2c(sc(NC(=O)COC(=O)C34CC5CC(CC(C5)C3)C4)c2C(=O)OC(C)C)C1. The number of amides is 1. The molecule has 4 fully saturated rings. The molecule has 0 saturated heterocycles. The number of nitrogens with one attached hydrogen (secondary N) is 1. The fraction of sp³-hybridized carbons (Fsp3) is 0.731. The van der Waals surface area contributed by atoms with Crippen molar-refractivity contribution >= 4 is 34.2 Å². The van der Waals surface area contributed by atoms with Crippen LogP contribution in [0, 0.1) is 29.1 Å². The van der Waals surface area contributed by atoms with Gasteiger partial charge in [-0.05, 0) is 101 Å². The van der Waals surface area contributed by atoms with Crippen LogP contribution in [0.25, 0.3) is 0 Å². The van der Waals surface area contributed by atoms with E-state index in [4.69, 9.17) is 9.47 Å². The Morgan fingerprint density at radius 1 is 1.09 bits per heavy atom. The highest BCUT2D eigenvalue weighted by molar-refractivity contribution is 7.17. The van der Waals surface area contributed by atoms with E-state index in [9.17, 15) is 14.4 Å². The normalized spacial score (nSPS) is 31.9. The Kier molecular flexibility index (Phi) is 6.04. The summed E-state index contributed by atoms with van der Waals surface area (Å²) in [6, 6.07) is 0. The molecular weight excluding hydrogens is 438 g/mol. The number of carbonyl (C=O) groups excluding carboxylic acids is 3. The summed E-state index contributed by atoms with van der Waals surface area (Å²) in [7, 11) is 0. The maximum Gasteiger partial charge on any atom is 0.341 e. The molecular formula is C26H35NO5S. The summed E-state index contributed by atoms with van der Waals surface area (Å²) in [6.07, 6.45) is 9.01. The van der Waals surface area contributed by atoms with E-state index in [0.29, 0.717) is 34.2 Å². The van der Waals surface area contributed by atoms with Gasteiger partial charge < -0.3 is 14.8 Å². The summed E-state index contributed by atoms with van der Waals surface area (Å²) >= 11 is 1.46. The van der Waals surface area contributed by atoms with Crippen LogP contribution in [0.5, 0.6) is 0 Å². The van der Waals surface area contributed by atoms with E-state index in [0.717, 1.165) is 49.0 Å². The van der Waals surface area contributed by atoms with Gasteiger partial charge in [-0.3, -0.25) is 9.59 Å². The highest BCUT2D eigenvalue weighted by Gasteiger charge is 2.55. The minimum absolute atomic E-state index is 0.199. The second-order valence-electron chi connectivity index (χ2n) is 11.3. The summed E-state index contributed by atoms with van der Waals surface area (Å²) in [5, 5.41) is 3.39. The smallest absolute Gasteiger partial charge is 0.341 e. The molecule has 1 atom stereocenters. The Hall–Kier alpha value is -1.89. The molecule has 6 nitrogen and oxygen atoms in total. The number of anilines is 1. The van der Waals surface area contributed by atoms with Gasteiger partial charge in [0, 0.05) is 4.88 Å². The summed E-state index contributed by atoms with van der Waals surface area (Å²) in [5.74, 6) is 1.51. The van der Waals surface area contributed by atoms with Crippen LogP contribution in [0.3, 0.4) is 0 Å². The first-order valence-corrected chi connectivity index (χ1v) is 13.4. The lowest BCUT2D eigenvalue weighted by Crippen LogP contribution is -2.50. The predicted octanol–water partition coefficient (Wildman–Crippen LogP) is 5.14. The standard InChI is InChI=1S/C26H35NO5S/c1-14(2)32-24(29)22-19-5-4-15(3)6-20(19)33-23(22)27-21(28)13-31-25(30)26-10-16-7-17(11-26)9-18(8-16)12-26/h14-18H,4-13H2,1-3H3,(H,27,28).